The molecule has 2 bridgehead atoms. The molecule has 0 saturated carbocycles. The molecule has 1 aromatic heterocycles. The van der Waals surface area contributed by atoms with Gasteiger partial charge in [0.25, 0.3) is 0 Å². The summed E-state index contributed by atoms with van der Waals surface area (Å²) >= 11 is 0. The molecule has 3 fully saturated rings. The molecule has 3 saturated heterocycles. The van der Waals surface area contributed by atoms with Crippen LogP contribution in [0.25, 0.3) is 0 Å². The number of alkyl halides is 6. The molecule has 76 heavy (non-hydrogen) atoms. The quantitative estimate of drug-likeness (QED) is 0.0314. The second-order valence-corrected chi connectivity index (χ2v) is 18.8. The Morgan fingerprint density at radius 2 is 1.49 bits per heavy atom. The largest absolute Gasteiger partial charge is 0.469 e. The summed E-state index contributed by atoms with van der Waals surface area (Å²) in [6, 6.07) is 10.3. The average molecular weight is 1080 g/mol. The number of aromatic nitrogens is 1. The third-order valence-corrected chi connectivity index (χ3v) is 13.0. The minimum Gasteiger partial charge on any atom is -0.469 e. The third kappa shape index (κ3) is 15.8. The normalized spacial score (nSPS) is 18.2. The first-order chi connectivity index (χ1) is 35.6. The van der Waals surface area contributed by atoms with E-state index in [0.29, 0.717) is 34.8 Å². The van der Waals surface area contributed by atoms with Gasteiger partial charge < -0.3 is 50.6 Å². The van der Waals surface area contributed by atoms with Gasteiger partial charge in [0.2, 0.25) is 17.7 Å². The Hall–Kier alpha value is -6.95. The molecule has 4 heterocycles. The van der Waals surface area contributed by atoms with Gasteiger partial charge in [-0.05, 0) is 75.1 Å². The van der Waals surface area contributed by atoms with Crippen molar-refractivity contribution in [3.05, 3.63) is 94.2 Å². The standard InChI is InChI=1S/C44H51F5N8O6.C6H8F3NO3/c1-25(50)63-40(51)29-16-34(45)33(35(46)17-29)19-52-20-37(58)36(54-41(59)39(55-42(60)61-4)43(2,3)44(47,48)49)15-27-8-5-26(6-9-27)7-10-28-11-14-38(53-18-28)56-21-30-12-13-31(22-56)57(30)32-23-62-24-32;1-13-4(11)2-3(5(10)12)6(7,8)9/h5-6,8-9,11,14,16-18,30-32,36-37,39,50-52,58H,12-13,15,19-24H2,1-4H3,(H,54,59)(H,55,60);3H,2H2,1H3,(H2,10,12)/t30?,31?,36-,37-,39+;3-/m01/s1. The molecule has 8 N–H and O–H groups in total. The Balaban J connectivity index is 0.000000723. The van der Waals surface area contributed by atoms with Gasteiger partial charge in [0.15, 0.2) is 5.90 Å². The number of halogens is 8. The summed E-state index contributed by atoms with van der Waals surface area (Å²) in [6.07, 6.45) is -9.73. The van der Waals surface area contributed by atoms with E-state index < -0.39 is 108 Å². The maximum Gasteiger partial charge on any atom is 0.407 e. The van der Waals surface area contributed by atoms with Gasteiger partial charge in [-0.25, -0.2) is 18.6 Å². The van der Waals surface area contributed by atoms with Crippen molar-refractivity contribution >= 4 is 41.5 Å². The van der Waals surface area contributed by atoms with Crippen LogP contribution in [0.15, 0.2) is 54.7 Å². The molecule has 0 radical (unpaired) electrons. The lowest BCUT2D eigenvalue weighted by Crippen LogP contribution is -2.62. The number of nitrogens with one attached hydrogen (secondary N) is 5. The van der Waals surface area contributed by atoms with E-state index in [1.54, 1.807) is 30.5 Å². The summed E-state index contributed by atoms with van der Waals surface area (Å²) in [5, 5.41) is 33.6. The van der Waals surface area contributed by atoms with Crippen molar-refractivity contribution in [2.24, 2.45) is 17.1 Å². The van der Waals surface area contributed by atoms with Gasteiger partial charge in [0, 0.05) is 73.6 Å². The number of anilines is 1. The summed E-state index contributed by atoms with van der Waals surface area (Å²) in [6.45, 7) is 5.27. The number of carbonyl (C=O) groups excluding carboxylic acids is 4. The highest BCUT2D eigenvalue weighted by Crippen LogP contribution is 2.41. The molecule has 6 rings (SSSR count). The molecular formula is C50H59F8N9O9. The number of primary amides is 1. The highest BCUT2D eigenvalue weighted by Gasteiger charge is 2.56. The molecule has 18 nitrogen and oxygen atoms in total. The number of esters is 1. The molecule has 3 aliphatic rings. The number of nitrogens with zero attached hydrogens (tertiary/aromatic N) is 3. The average Bonchev–Trinajstić information content (AvgIpc) is 3.56. The second-order valence-electron chi connectivity index (χ2n) is 18.8. The lowest BCUT2D eigenvalue weighted by molar-refractivity contribution is -0.220. The van der Waals surface area contributed by atoms with Crippen LogP contribution in [0, 0.1) is 45.6 Å². The minimum atomic E-state index is -4.96. The van der Waals surface area contributed by atoms with Gasteiger partial charge in [0.05, 0.1) is 57.5 Å². The highest BCUT2D eigenvalue weighted by molar-refractivity contribution is 5.98. The van der Waals surface area contributed by atoms with Crippen LogP contribution >= 0.6 is 0 Å². The van der Waals surface area contributed by atoms with Gasteiger partial charge in [0.1, 0.15) is 29.4 Å². The number of pyridine rings is 1. The van der Waals surface area contributed by atoms with Crippen LogP contribution in [-0.4, -0.2) is 146 Å². The van der Waals surface area contributed by atoms with Gasteiger partial charge in [-0.15, -0.1) is 0 Å². The Labute approximate surface area is 432 Å². The van der Waals surface area contributed by atoms with Crippen LogP contribution in [0.1, 0.15) is 67.9 Å². The van der Waals surface area contributed by atoms with Crippen molar-refractivity contribution in [2.45, 2.75) is 102 Å². The Kier molecular flexibility index (Phi) is 20.3. The number of aliphatic hydroxyl groups excluding tert-OH is 1. The Bertz CT molecular complexity index is 2590. The molecule has 3 amide bonds. The molecule has 3 aromatic rings. The van der Waals surface area contributed by atoms with E-state index in [1.807, 2.05) is 17.4 Å². The Morgan fingerprint density at radius 1 is 0.895 bits per heavy atom. The highest BCUT2D eigenvalue weighted by atomic mass is 19.4. The van der Waals surface area contributed by atoms with Crippen molar-refractivity contribution in [1.29, 1.82) is 10.8 Å². The van der Waals surface area contributed by atoms with Crippen molar-refractivity contribution in [3.8, 4) is 11.8 Å². The van der Waals surface area contributed by atoms with Crippen molar-refractivity contribution in [2.75, 3.05) is 52.0 Å². The van der Waals surface area contributed by atoms with Gasteiger partial charge in [-0.3, -0.25) is 30.1 Å². The monoisotopic (exact) mass is 1080 g/mol. The predicted octanol–water partition coefficient (Wildman–Crippen LogP) is 4.85. The van der Waals surface area contributed by atoms with Crippen LogP contribution in [-0.2, 0) is 46.3 Å². The van der Waals surface area contributed by atoms with Crippen molar-refractivity contribution in [1.82, 2.24) is 25.8 Å². The first kappa shape index (κ1) is 59.9. The van der Waals surface area contributed by atoms with E-state index in [0.717, 1.165) is 72.3 Å². The number of rotatable bonds is 17. The number of nitrogens with two attached hydrogens (primary N) is 1. The molecule has 2 unspecified atom stereocenters. The first-order valence-electron chi connectivity index (χ1n) is 23.6. The maximum absolute atomic E-state index is 15.0. The van der Waals surface area contributed by atoms with E-state index in [1.165, 1.54) is 19.8 Å². The molecular weight excluding hydrogens is 1020 g/mol. The number of benzene rings is 2. The fraction of sp³-hybridized carbons (Fsp3) is 0.500. The zero-order chi connectivity index (χ0) is 56.3. The topological polar surface area (TPSA) is 255 Å². The summed E-state index contributed by atoms with van der Waals surface area (Å²) in [4.78, 5) is 56.1. The summed E-state index contributed by atoms with van der Waals surface area (Å²) in [5.74, 6) is -2.46. The smallest absolute Gasteiger partial charge is 0.407 e. The van der Waals surface area contributed by atoms with Crippen LogP contribution in [0.5, 0.6) is 0 Å². The van der Waals surface area contributed by atoms with Crippen LogP contribution in [0.2, 0.25) is 0 Å². The van der Waals surface area contributed by atoms with Crippen LogP contribution < -0.4 is 26.6 Å². The minimum absolute atomic E-state index is 0.124. The molecule has 0 aliphatic carbocycles. The number of ether oxygens (including phenoxy) is 4. The van der Waals surface area contributed by atoms with Crippen LogP contribution in [0.3, 0.4) is 0 Å². The van der Waals surface area contributed by atoms with Gasteiger partial charge in [-0.2, -0.15) is 26.3 Å². The molecule has 2 aromatic carbocycles. The van der Waals surface area contributed by atoms with E-state index in [4.69, 9.17) is 25.3 Å². The van der Waals surface area contributed by atoms with E-state index in [9.17, 15) is 59.4 Å². The number of alkyl carbamates (subject to hydrolysis) is 1. The number of amides is 3. The zero-order valence-electron chi connectivity index (χ0n) is 42.0. The number of carbonyl (C=O) groups is 4. The van der Waals surface area contributed by atoms with E-state index in [2.05, 4.69) is 47.5 Å². The lowest BCUT2D eigenvalue weighted by Gasteiger charge is -2.47. The fourth-order valence-corrected chi connectivity index (χ4v) is 8.58. The second kappa shape index (κ2) is 25.7. The van der Waals surface area contributed by atoms with E-state index in [-0.39, 0.29) is 17.9 Å². The predicted molar refractivity (Wildman–Crippen MR) is 258 cm³/mol. The SMILES string of the molecule is COC(=O)C[C@H](C(N)=O)C(F)(F)F.COC(=O)N[C@H](C(=O)N[C@@H](Cc1ccc(C#Cc2ccc(N3CC4CCC(C3)N4C3COC3)nc2)cc1)[C@@H](O)CNCc1c(F)cc(C(=N)OC(C)=N)cc1F)C(C)(C)C(F)(F)F. The van der Waals surface area contributed by atoms with E-state index >= 15 is 0 Å². The summed E-state index contributed by atoms with van der Waals surface area (Å²) in [7, 11) is 1.85. The summed E-state index contributed by atoms with van der Waals surface area (Å²) in [5.41, 5.74) is 2.82. The lowest BCUT2D eigenvalue weighted by atomic mass is 9.82. The van der Waals surface area contributed by atoms with Crippen molar-refractivity contribution in [3.63, 3.8) is 0 Å². The van der Waals surface area contributed by atoms with Gasteiger partial charge in [-0.1, -0.05) is 24.0 Å². The number of hydrogen-bond acceptors (Lipinski definition) is 15. The number of hydrogen-bond donors (Lipinski definition) is 7. The number of piperazine rings is 1. The summed E-state index contributed by atoms with van der Waals surface area (Å²) < 4.78 is 127. The molecule has 26 heteroatoms. The Morgan fingerprint density at radius 3 is 1.97 bits per heavy atom. The third-order valence-electron chi connectivity index (χ3n) is 13.0. The van der Waals surface area contributed by atoms with Crippen LogP contribution in [0.4, 0.5) is 45.7 Å². The molecule has 414 valence electrons. The molecule has 6 atom stereocenters. The number of methoxy groups -OCH3 is 2. The first-order valence-corrected chi connectivity index (χ1v) is 23.6. The molecule has 0 spiro atoms. The molecule has 3 aliphatic heterocycles. The number of aliphatic hydroxyl groups is 1. The van der Waals surface area contributed by atoms with Gasteiger partial charge >= 0.3 is 24.4 Å². The maximum atomic E-state index is 15.0. The zero-order valence-corrected chi connectivity index (χ0v) is 42.0. The number of fused-ring (bicyclic) bond motifs is 2. The fourth-order valence-electron chi connectivity index (χ4n) is 8.58. The van der Waals surface area contributed by atoms with Crippen molar-refractivity contribution < 1.29 is 78.4 Å².